The Hall–Kier alpha value is -2.28. The molecule has 0 aliphatic rings. The molecule has 1 amide bonds. The Labute approximate surface area is 154 Å². The molecular weight excluding hydrogens is 393 g/mol. The lowest BCUT2D eigenvalue weighted by atomic mass is 10.1. The zero-order valence-electron chi connectivity index (χ0n) is 14.2. The van der Waals surface area contributed by atoms with Crippen LogP contribution in [0.25, 0.3) is 0 Å². The second-order valence-electron chi connectivity index (χ2n) is 5.22. The third-order valence-electron chi connectivity index (χ3n) is 3.57. The summed E-state index contributed by atoms with van der Waals surface area (Å²) in [6.45, 7) is 0.106. The number of benzene rings is 2. The molecule has 7 heteroatoms. The molecule has 0 atom stereocenters. The number of methoxy groups -OCH3 is 3. The highest BCUT2D eigenvalue weighted by atomic mass is 79.9. The van der Waals surface area contributed by atoms with E-state index in [-0.39, 0.29) is 24.7 Å². The number of ether oxygens (including phenoxy) is 3. The normalized spacial score (nSPS) is 10.3. The van der Waals surface area contributed by atoms with Crippen molar-refractivity contribution in [1.82, 2.24) is 5.32 Å². The van der Waals surface area contributed by atoms with Crippen LogP contribution in [0, 0.1) is 5.82 Å². The van der Waals surface area contributed by atoms with Gasteiger partial charge in [0.15, 0.2) is 11.5 Å². The van der Waals surface area contributed by atoms with Crippen LogP contribution in [0.4, 0.5) is 4.39 Å². The van der Waals surface area contributed by atoms with E-state index in [9.17, 15) is 9.18 Å². The summed E-state index contributed by atoms with van der Waals surface area (Å²) in [5, 5.41) is 2.71. The molecule has 2 aromatic carbocycles. The van der Waals surface area contributed by atoms with Crippen LogP contribution in [0.3, 0.4) is 0 Å². The molecule has 0 saturated heterocycles. The number of rotatable bonds is 7. The summed E-state index contributed by atoms with van der Waals surface area (Å²) in [6.07, 6.45) is 0.104. The number of carbonyl (C=O) groups is 1. The quantitative estimate of drug-likeness (QED) is 0.757. The van der Waals surface area contributed by atoms with Crippen molar-refractivity contribution in [2.75, 3.05) is 21.3 Å². The smallest absolute Gasteiger partial charge is 0.224 e. The van der Waals surface area contributed by atoms with Crippen LogP contribution in [0.1, 0.15) is 11.1 Å². The summed E-state index contributed by atoms with van der Waals surface area (Å²) >= 11 is 3.28. The van der Waals surface area contributed by atoms with Crippen LogP contribution in [0.5, 0.6) is 17.2 Å². The van der Waals surface area contributed by atoms with Gasteiger partial charge in [0, 0.05) is 16.6 Å². The van der Waals surface area contributed by atoms with Crippen LogP contribution >= 0.6 is 15.9 Å². The Bertz CT molecular complexity index is 742. The van der Waals surface area contributed by atoms with E-state index in [1.165, 1.54) is 27.4 Å². The molecule has 0 saturated carbocycles. The van der Waals surface area contributed by atoms with Gasteiger partial charge in [-0.05, 0) is 35.9 Å². The van der Waals surface area contributed by atoms with Gasteiger partial charge in [0.05, 0.1) is 27.8 Å². The Morgan fingerprint density at radius 2 is 1.72 bits per heavy atom. The number of carbonyl (C=O) groups excluding carboxylic acids is 1. The van der Waals surface area contributed by atoms with Crippen molar-refractivity contribution in [3.05, 3.63) is 51.7 Å². The van der Waals surface area contributed by atoms with Crippen molar-refractivity contribution in [3.8, 4) is 17.2 Å². The molecule has 0 bridgehead atoms. The monoisotopic (exact) mass is 411 g/mol. The minimum Gasteiger partial charge on any atom is -0.493 e. The lowest BCUT2D eigenvalue weighted by Gasteiger charge is -2.14. The summed E-state index contributed by atoms with van der Waals surface area (Å²) in [6, 6.07) is 8.01. The minimum atomic E-state index is -0.365. The van der Waals surface area contributed by atoms with Gasteiger partial charge in [-0.25, -0.2) is 4.39 Å². The average Bonchev–Trinajstić information content (AvgIpc) is 2.61. The number of nitrogens with one attached hydrogen (secondary N) is 1. The molecule has 0 aliphatic heterocycles. The molecule has 2 rings (SSSR count). The van der Waals surface area contributed by atoms with Crippen molar-refractivity contribution < 1.29 is 23.4 Å². The second kappa shape index (κ2) is 8.71. The molecule has 0 aliphatic carbocycles. The van der Waals surface area contributed by atoms with Crippen molar-refractivity contribution in [2.45, 2.75) is 13.0 Å². The van der Waals surface area contributed by atoms with E-state index in [1.807, 2.05) is 0 Å². The summed E-state index contributed by atoms with van der Waals surface area (Å²) in [5.41, 5.74) is 1.11. The molecule has 25 heavy (non-hydrogen) atoms. The molecule has 0 fully saturated rings. The third kappa shape index (κ3) is 4.85. The fraction of sp³-hybridized carbons (Fsp3) is 0.278. The maximum Gasteiger partial charge on any atom is 0.224 e. The minimum absolute atomic E-state index is 0.104. The molecule has 134 valence electrons. The van der Waals surface area contributed by atoms with Gasteiger partial charge in [0.25, 0.3) is 0 Å². The largest absolute Gasteiger partial charge is 0.493 e. The van der Waals surface area contributed by atoms with Crippen molar-refractivity contribution in [2.24, 2.45) is 0 Å². The third-order valence-corrected chi connectivity index (χ3v) is 4.07. The highest BCUT2D eigenvalue weighted by Crippen LogP contribution is 2.38. The number of hydrogen-bond acceptors (Lipinski definition) is 4. The number of hydrogen-bond donors (Lipinski definition) is 1. The van der Waals surface area contributed by atoms with E-state index in [0.717, 1.165) is 4.47 Å². The zero-order valence-corrected chi connectivity index (χ0v) is 15.8. The van der Waals surface area contributed by atoms with Gasteiger partial charge in [0.2, 0.25) is 11.7 Å². The van der Waals surface area contributed by atoms with Gasteiger partial charge in [-0.3, -0.25) is 4.79 Å². The first kappa shape index (κ1) is 19.1. The van der Waals surface area contributed by atoms with E-state index in [2.05, 4.69) is 21.2 Å². The summed E-state index contributed by atoms with van der Waals surface area (Å²) in [4.78, 5) is 12.2. The number of halogens is 2. The number of amides is 1. The van der Waals surface area contributed by atoms with Gasteiger partial charge in [-0.15, -0.1) is 0 Å². The fourth-order valence-corrected chi connectivity index (χ4v) is 2.77. The highest BCUT2D eigenvalue weighted by molar-refractivity contribution is 9.10. The summed E-state index contributed by atoms with van der Waals surface area (Å²) in [5.74, 6) is 0.806. The molecule has 0 aromatic heterocycles. The van der Waals surface area contributed by atoms with E-state index in [0.29, 0.717) is 28.4 Å². The van der Waals surface area contributed by atoms with E-state index in [4.69, 9.17) is 14.2 Å². The van der Waals surface area contributed by atoms with Crippen LogP contribution < -0.4 is 19.5 Å². The molecule has 0 unspecified atom stereocenters. The van der Waals surface area contributed by atoms with Gasteiger partial charge in [0.1, 0.15) is 5.82 Å². The van der Waals surface area contributed by atoms with Gasteiger partial charge in [-0.1, -0.05) is 15.9 Å². The predicted octanol–water partition coefficient (Wildman–Crippen LogP) is 3.47. The Morgan fingerprint density at radius 3 is 2.28 bits per heavy atom. The zero-order chi connectivity index (χ0) is 18.4. The second-order valence-corrected chi connectivity index (χ2v) is 6.14. The Kier molecular flexibility index (Phi) is 6.64. The Morgan fingerprint density at radius 1 is 1.08 bits per heavy atom. The van der Waals surface area contributed by atoms with Crippen LogP contribution in [-0.2, 0) is 17.8 Å². The lowest BCUT2D eigenvalue weighted by molar-refractivity contribution is -0.120. The first-order valence-electron chi connectivity index (χ1n) is 7.48. The molecule has 1 N–H and O–H groups in total. The van der Waals surface area contributed by atoms with Crippen molar-refractivity contribution >= 4 is 21.8 Å². The molecule has 0 heterocycles. The maximum atomic E-state index is 13.7. The van der Waals surface area contributed by atoms with E-state index in [1.54, 1.807) is 24.3 Å². The highest BCUT2D eigenvalue weighted by Gasteiger charge is 2.15. The predicted molar refractivity (Wildman–Crippen MR) is 95.7 cm³/mol. The van der Waals surface area contributed by atoms with Crippen LogP contribution in [0.15, 0.2) is 34.8 Å². The first-order chi connectivity index (χ1) is 12.0. The average molecular weight is 412 g/mol. The van der Waals surface area contributed by atoms with Crippen LogP contribution in [0.2, 0.25) is 0 Å². The molecule has 0 spiro atoms. The Balaban J connectivity index is 2.08. The van der Waals surface area contributed by atoms with Crippen LogP contribution in [-0.4, -0.2) is 27.2 Å². The molecular formula is C18H19BrFNO4. The van der Waals surface area contributed by atoms with Crippen molar-refractivity contribution in [1.29, 1.82) is 0 Å². The van der Waals surface area contributed by atoms with Gasteiger partial charge >= 0.3 is 0 Å². The first-order valence-corrected chi connectivity index (χ1v) is 8.27. The van der Waals surface area contributed by atoms with Gasteiger partial charge in [-0.2, -0.15) is 0 Å². The topological polar surface area (TPSA) is 56.8 Å². The lowest BCUT2D eigenvalue weighted by Crippen LogP contribution is -2.25. The molecule has 0 radical (unpaired) electrons. The molecule has 2 aromatic rings. The summed E-state index contributed by atoms with van der Waals surface area (Å²) in [7, 11) is 4.54. The standard InChI is InChI=1S/C18H19BrFNO4/c1-23-15-6-11(7-16(24-2)18(15)25-3)8-17(22)21-10-12-9-13(19)4-5-14(12)20/h4-7,9H,8,10H2,1-3H3,(H,21,22). The maximum absolute atomic E-state index is 13.7. The fourth-order valence-electron chi connectivity index (χ4n) is 2.36. The molecule has 5 nitrogen and oxygen atoms in total. The summed E-state index contributed by atoms with van der Waals surface area (Å²) < 4.78 is 30.2. The SMILES string of the molecule is COc1cc(CC(=O)NCc2cc(Br)ccc2F)cc(OC)c1OC. The van der Waals surface area contributed by atoms with Crippen molar-refractivity contribution in [3.63, 3.8) is 0 Å². The van der Waals surface area contributed by atoms with Gasteiger partial charge < -0.3 is 19.5 Å². The van der Waals surface area contributed by atoms with E-state index >= 15 is 0 Å². The van der Waals surface area contributed by atoms with E-state index < -0.39 is 0 Å².